The van der Waals surface area contributed by atoms with Crippen LogP contribution in [0.4, 0.5) is 4.39 Å². The summed E-state index contributed by atoms with van der Waals surface area (Å²) in [6, 6.07) is 6.35. The van der Waals surface area contributed by atoms with E-state index in [1.54, 1.807) is 18.2 Å². The Kier molecular flexibility index (Phi) is 6.39. The predicted molar refractivity (Wildman–Crippen MR) is 85.0 cm³/mol. The Morgan fingerprint density at radius 3 is 2.95 bits per heavy atom. The fourth-order valence-corrected chi connectivity index (χ4v) is 2.50. The number of carbonyl (C=O) groups is 1. The summed E-state index contributed by atoms with van der Waals surface area (Å²) in [5.41, 5.74) is 0.367. The molecule has 0 saturated heterocycles. The highest BCUT2D eigenvalue weighted by Crippen LogP contribution is 2.21. The molecule has 2 N–H and O–H groups in total. The van der Waals surface area contributed by atoms with Gasteiger partial charge in [0.2, 0.25) is 11.1 Å². The highest BCUT2D eigenvalue weighted by atomic mass is 32.2. The van der Waals surface area contributed by atoms with Crippen LogP contribution in [-0.4, -0.2) is 33.4 Å². The maximum Gasteiger partial charge on any atom is 0.230 e. The largest absolute Gasteiger partial charge is 0.355 e. The van der Waals surface area contributed by atoms with Gasteiger partial charge in [0, 0.05) is 6.54 Å². The Hall–Kier alpha value is -1.89. The number of hydrogen-bond donors (Lipinski definition) is 2. The Labute approximate surface area is 133 Å². The minimum atomic E-state index is -0.358. The van der Waals surface area contributed by atoms with Crippen molar-refractivity contribution in [2.24, 2.45) is 0 Å². The molecule has 5 nitrogen and oxygen atoms in total. The molecule has 1 aromatic heterocycles. The molecule has 7 heteroatoms. The van der Waals surface area contributed by atoms with E-state index in [9.17, 15) is 9.18 Å². The van der Waals surface area contributed by atoms with Crippen molar-refractivity contribution in [1.82, 2.24) is 20.5 Å². The van der Waals surface area contributed by atoms with E-state index in [1.807, 2.05) is 0 Å². The number of aromatic amines is 1. The third kappa shape index (κ3) is 4.84. The molecule has 1 amide bonds. The van der Waals surface area contributed by atoms with E-state index < -0.39 is 0 Å². The third-order valence-electron chi connectivity index (χ3n) is 3.03. The van der Waals surface area contributed by atoms with Gasteiger partial charge in [0.1, 0.15) is 5.82 Å². The first-order valence-electron chi connectivity index (χ1n) is 7.27. The summed E-state index contributed by atoms with van der Waals surface area (Å²) in [6.45, 7) is 2.82. The summed E-state index contributed by atoms with van der Waals surface area (Å²) in [7, 11) is 0. The van der Waals surface area contributed by atoms with Gasteiger partial charge in [-0.05, 0) is 18.6 Å². The van der Waals surface area contributed by atoms with Crippen molar-refractivity contribution >= 4 is 17.7 Å². The molecule has 0 fully saturated rings. The summed E-state index contributed by atoms with van der Waals surface area (Å²) >= 11 is 1.23. The maximum absolute atomic E-state index is 13.6. The summed E-state index contributed by atoms with van der Waals surface area (Å²) in [4.78, 5) is 15.9. The number of nitrogens with one attached hydrogen (secondary N) is 2. The molecule has 1 heterocycles. The lowest BCUT2D eigenvalue weighted by Gasteiger charge is -2.02. The molecule has 0 aliphatic heterocycles. The second-order valence-corrected chi connectivity index (χ2v) is 5.73. The Morgan fingerprint density at radius 2 is 2.18 bits per heavy atom. The number of thioether (sulfide) groups is 1. The van der Waals surface area contributed by atoms with Crippen LogP contribution in [0.15, 0.2) is 29.4 Å². The number of benzene rings is 1. The summed E-state index contributed by atoms with van der Waals surface area (Å²) in [6.07, 6.45) is 3.23. The second-order valence-electron chi connectivity index (χ2n) is 4.79. The summed E-state index contributed by atoms with van der Waals surface area (Å²) in [5, 5.41) is 9.97. The molecule has 0 bridgehead atoms. The van der Waals surface area contributed by atoms with Crippen LogP contribution in [0.5, 0.6) is 0 Å². The van der Waals surface area contributed by atoms with Gasteiger partial charge in [0.15, 0.2) is 5.82 Å². The first-order chi connectivity index (χ1) is 10.7. The van der Waals surface area contributed by atoms with Gasteiger partial charge in [-0.2, -0.15) is 0 Å². The minimum absolute atomic E-state index is 0.0432. The monoisotopic (exact) mass is 322 g/mol. The fourth-order valence-electron chi connectivity index (χ4n) is 1.87. The third-order valence-corrected chi connectivity index (χ3v) is 3.88. The first kappa shape index (κ1) is 16.5. The molecular weight excluding hydrogens is 303 g/mol. The first-order valence-corrected chi connectivity index (χ1v) is 8.26. The summed E-state index contributed by atoms with van der Waals surface area (Å²) < 4.78 is 13.6. The van der Waals surface area contributed by atoms with Gasteiger partial charge < -0.3 is 5.32 Å². The lowest BCUT2D eigenvalue weighted by atomic mass is 10.2. The Bertz CT molecular complexity index is 617. The minimum Gasteiger partial charge on any atom is -0.355 e. The molecule has 1 aromatic carbocycles. The van der Waals surface area contributed by atoms with Crippen LogP contribution < -0.4 is 5.32 Å². The number of hydrogen-bond acceptors (Lipinski definition) is 4. The van der Waals surface area contributed by atoms with E-state index >= 15 is 0 Å². The van der Waals surface area contributed by atoms with Crippen molar-refractivity contribution in [1.29, 1.82) is 0 Å². The highest BCUT2D eigenvalue weighted by molar-refractivity contribution is 7.99. The topological polar surface area (TPSA) is 70.7 Å². The SMILES string of the molecule is CCCCCNC(=O)CSc1n[nH]c(-c2ccccc2F)n1. The lowest BCUT2D eigenvalue weighted by Crippen LogP contribution is -2.26. The van der Waals surface area contributed by atoms with Gasteiger partial charge in [-0.3, -0.25) is 9.89 Å². The molecule has 0 unspecified atom stereocenters. The van der Waals surface area contributed by atoms with Crippen molar-refractivity contribution in [2.45, 2.75) is 31.3 Å². The number of amides is 1. The Balaban J connectivity index is 1.83. The molecule has 2 rings (SSSR count). The van der Waals surface area contributed by atoms with Crippen molar-refractivity contribution in [3.8, 4) is 11.4 Å². The van der Waals surface area contributed by atoms with Crippen LogP contribution in [0.25, 0.3) is 11.4 Å². The molecule has 0 aliphatic carbocycles. The molecule has 0 aliphatic rings. The van der Waals surface area contributed by atoms with E-state index in [4.69, 9.17) is 0 Å². The van der Waals surface area contributed by atoms with E-state index in [2.05, 4.69) is 27.4 Å². The van der Waals surface area contributed by atoms with E-state index in [-0.39, 0.29) is 17.5 Å². The van der Waals surface area contributed by atoms with Gasteiger partial charge in [-0.15, -0.1) is 5.10 Å². The zero-order chi connectivity index (χ0) is 15.8. The van der Waals surface area contributed by atoms with Gasteiger partial charge in [0.05, 0.1) is 11.3 Å². The number of rotatable bonds is 8. The van der Waals surface area contributed by atoms with Crippen LogP contribution in [0, 0.1) is 5.82 Å². The van der Waals surface area contributed by atoms with E-state index in [1.165, 1.54) is 17.8 Å². The van der Waals surface area contributed by atoms with Crippen molar-refractivity contribution in [3.05, 3.63) is 30.1 Å². The smallest absolute Gasteiger partial charge is 0.230 e. The van der Waals surface area contributed by atoms with Crippen LogP contribution in [-0.2, 0) is 4.79 Å². The molecule has 0 atom stereocenters. The molecule has 0 radical (unpaired) electrons. The summed E-state index contributed by atoms with van der Waals surface area (Å²) in [5.74, 6) is 0.215. The number of unbranched alkanes of at least 4 members (excludes halogenated alkanes) is 2. The normalized spacial score (nSPS) is 10.6. The Morgan fingerprint density at radius 1 is 1.36 bits per heavy atom. The molecule has 2 aromatic rings. The molecule has 118 valence electrons. The van der Waals surface area contributed by atoms with Crippen molar-refractivity contribution in [2.75, 3.05) is 12.3 Å². The fraction of sp³-hybridized carbons (Fsp3) is 0.400. The number of halogens is 1. The van der Waals surface area contributed by atoms with E-state index in [0.717, 1.165) is 19.3 Å². The van der Waals surface area contributed by atoms with Crippen molar-refractivity contribution < 1.29 is 9.18 Å². The second kappa shape index (κ2) is 8.53. The average Bonchev–Trinajstić information content (AvgIpc) is 2.99. The predicted octanol–water partition coefficient (Wildman–Crippen LogP) is 3.01. The number of carbonyl (C=O) groups excluding carboxylic acids is 1. The number of H-pyrrole nitrogens is 1. The number of aromatic nitrogens is 3. The van der Waals surface area contributed by atoms with Gasteiger partial charge in [-0.1, -0.05) is 43.7 Å². The maximum atomic E-state index is 13.6. The molecule has 22 heavy (non-hydrogen) atoms. The van der Waals surface area contributed by atoms with Crippen LogP contribution in [0.3, 0.4) is 0 Å². The van der Waals surface area contributed by atoms with Crippen molar-refractivity contribution in [3.63, 3.8) is 0 Å². The van der Waals surface area contributed by atoms with Gasteiger partial charge in [-0.25, -0.2) is 9.37 Å². The van der Waals surface area contributed by atoms with Crippen LogP contribution >= 0.6 is 11.8 Å². The highest BCUT2D eigenvalue weighted by Gasteiger charge is 2.11. The standard InChI is InChI=1S/C15H19FN4OS/c1-2-3-6-9-17-13(21)10-22-15-18-14(19-20-15)11-7-4-5-8-12(11)16/h4-5,7-8H,2-3,6,9-10H2,1H3,(H,17,21)(H,18,19,20). The van der Waals surface area contributed by atoms with Crippen LogP contribution in [0.1, 0.15) is 26.2 Å². The van der Waals surface area contributed by atoms with E-state index in [0.29, 0.717) is 23.1 Å². The van der Waals surface area contributed by atoms with Gasteiger partial charge in [0.25, 0.3) is 0 Å². The lowest BCUT2D eigenvalue weighted by molar-refractivity contribution is -0.118. The molecule has 0 saturated carbocycles. The molecular formula is C15H19FN4OS. The zero-order valence-corrected chi connectivity index (χ0v) is 13.3. The average molecular weight is 322 g/mol. The molecule has 0 spiro atoms. The van der Waals surface area contributed by atoms with Crippen LogP contribution in [0.2, 0.25) is 0 Å². The number of nitrogens with zero attached hydrogens (tertiary/aromatic N) is 2. The van der Waals surface area contributed by atoms with Gasteiger partial charge >= 0.3 is 0 Å². The zero-order valence-electron chi connectivity index (χ0n) is 12.4. The quantitative estimate of drug-likeness (QED) is 0.579.